The maximum Gasteiger partial charge on any atom is 0.0410 e. The van der Waals surface area contributed by atoms with Crippen LogP contribution in [0.3, 0.4) is 0 Å². The van der Waals surface area contributed by atoms with E-state index >= 15 is 0 Å². The zero-order valence-corrected chi connectivity index (χ0v) is 14.4. The molecule has 1 N–H and O–H groups in total. The molecule has 0 unspecified atom stereocenters. The molecule has 0 fully saturated rings. The molecule has 0 aliphatic carbocycles. The zero-order chi connectivity index (χ0) is 13.8. The van der Waals surface area contributed by atoms with Gasteiger partial charge in [0.1, 0.15) is 0 Å². The third-order valence-corrected chi connectivity index (χ3v) is 4.46. The molecule has 0 aliphatic heterocycles. The zero-order valence-electron chi connectivity index (χ0n) is 10.5. The van der Waals surface area contributed by atoms with Crippen molar-refractivity contribution in [3.05, 3.63) is 67.6 Å². The maximum atomic E-state index is 6.02. The average molecular weight is 404 g/mol. The van der Waals surface area contributed by atoms with Crippen molar-refractivity contribution in [2.45, 2.75) is 19.5 Å². The van der Waals surface area contributed by atoms with Crippen molar-refractivity contribution >= 4 is 43.5 Å². The van der Waals surface area contributed by atoms with E-state index in [1.165, 1.54) is 5.56 Å². The second-order valence-corrected chi connectivity index (χ2v) is 6.60. The second kappa shape index (κ2) is 6.89. The van der Waals surface area contributed by atoms with Crippen molar-refractivity contribution in [1.82, 2.24) is 5.32 Å². The lowest BCUT2D eigenvalue weighted by Crippen LogP contribution is -2.18. The fourth-order valence-corrected chi connectivity index (χ4v) is 2.83. The van der Waals surface area contributed by atoms with E-state index in [0.717, 1.165) is 26.1 Å². The first-order valence-corrected chi connectivity index (χ1v) is 7.95. The van der Waals surface area contributed by atoms with Crippen LogP contribution in [0, 0.1) is 0 Å². The van der Waals surface area contributed by atoms with Gasteiger partial charge in [-0.25, -0.2) is 0 Å². The first-order valence-electron chi connectivity index (χ1n) is 5.99. The van der Waals surface area contributed by atoms with Gasteiger partial charge in [0.25, 0.3) is 0 Å². The van der Waals surface area contributed by atoms with Crippen LogP contribution in [0.4, 0.5) is 0 Å². The fourth-order valence-electron chi connectivity index (χ4n) is 1.84. The average Bonchev–Trinajstić information content (AvgIpc) is 2.39. The molecule has 0 saturated heterocycles. The van der Waals surface area contributed by atoms with Crippen molar-refractivity contribution in [2.24, 2.45) is 0 Å². The van der Waals surface area contributed by atoms with Crippen LogP contribution in [0.15, 0.2) is 51.4 Å². The Labute approximate surface area is 135 Å². The van der Waals surface area contributed by atoms with E-state index in [4.69, 9.17) is 11.6 Å². The van der Waals surface area contributed by atoms with E-state index in [1.807, 2.05) is 30.3 Å². The molecule has 0 saturated carbocycles. The summed E-state index contributed by atoms with van der Waals surface area (Å²) in [5.74, 6) is 0. The molecule has 19 heavy (non-hydrogen) atoms. The molecule has 0 amide bonds. The van der Waals surface area contributed by atoms with Crippen LogP contribution in [-0.4, -0.2) is 0 Å². The van der Waals surface area contributed by atoms with Gasteiger partial charge in [-0.05, 0) is 48.4 Å². The van der Waals surface area contributed by atoms with E-state index in [2.05, 4.69) is 56.2 Å². The van der Waals surface area contributed by atoms with E-state index in [1.54, 1.807) is 0 Å². The van der Waals surface area contributed by atoms with Gasteiger partial charge in [-0.15, -0.1) is 0 Å². The Balaban J connectivity index is 2.04. The molecule has 1 atom stereocenters. The van der Waals surface area contributed by atoms with Gasteiger partial charge >= 0.3 is 0 Å². The SMILES string of the molecule is C[C@@H](NCc1cc(Cl)ccc1Br)c1cccc(Br)c1. The Morgan fingerprint density at radius 1 is 1.16 bits per heavy atom. The summed E-state index contributed by atoms with van der Waals surface area (Å²) in [5.41, 5.74) is 2.42. The Hall–Kier alpha value is -0.350. The number of benzene rings is 2. The molecule has 0 heterocycles. The molecule has 0 aliphatic rings. The standard InChI is InChI=1S/C15H14Br2ClN/c1-10(11-3-2-4-13(16)7-11)19-9-12-8-14(18)5-6-15(12)17/h2-8,10,19H,9H2,1H3/t10-/m1/s1. The highest BCUT2D eigenvalue weighted by Crippen LogP contribution is 2.23. The van der Waals surface area contributed by atoms with Gasteiger partial charge in [-0.2, -0.15) is 0 Å². The van der Waals surface area contributed by atoms with Crippen LogP contribution in [0.5, 0.6) is 0 Å². The minimum Gasteiger partial charge on any atom is -0.306 e. The molecule has 2 aromatic rings. The van der Waals surface area contributed by atoms with Gasteiger partial charge in [0, 0.05) is 26.6 Å². The Bertz CT molecular complexity index is 572. The Morgan fingerprint density at radius 3 is 2.68 bits per heavy atom. The summed E-state index contributed by atoms with van der Waals surface area (Å²) < 4.78 is 2.17. The molecule has 100 valence electrons. The van der Waals surface area contributed by atoms with Gasteiger partial charge in [-0.1, -0.05) is 55.6 Å². The second-order valence-electron chi connectivity index (χ2n) is 4.39. The number of rotatable bonds is 4. The summed E-state index contributed by atoms with van der Waals surface area (Å²) in [5, 5.41) is 4.26. The van der Waals surface area contributed by atoms with Crippen LogP contribution in [0.25, 0.3) is 0 Å². The van der Waals surface area contributed by atoms with Crippen molar-refractivity contribution in [3.63, 3.8) is 0 Å². The highest BCUT2D eigenvalue weighted by Gasteiger charge is 2.07. The van der Waals surface area contributed by atoms with Crippen LogP contribution < -0.4 is 5.32 Å². The van der Waals surface area contributed by atoms with Crippen molar-refractivity contribution < 1.29 is 0 Å². The molecule has 1 nitrogen and oxygen atoms in total. The van der Waals surface area contributed by atoms with Crippen LogP contribution in [-0.2, 0) is 6.54 Å². The van der Waals surface area contributed by atoms with Crippen LogP contribution in [0.2, 0.25) is 5.02 Å². The Kier molecular flexibility index (Phi) is 5.46. The van der Waals surface area contributed by atoms with Crippen molar-refractivity contribution in [3.8, 4) is 0 Å². The van der Waals surface area contributed by atoms with E-state index < -0.39 is 0 Å². The lowest BCUT2D eigenvalue weighted by Gasteiger charge is -2.15. The summed E-state index contributed by atoms with van der Waals surface area (Å²) >= 11 is 13.1. The minimum atomic E-state index is 0.281. The molecule has 0 bridgehead atoms. The Morgan fingerprint density at radius 2 is 1.95 bits per heavy atom. The number of nitrogens with one attached hydrogen (secondary N) is 1. The van der Waals surface area contributed by atoms with Crippen LogP contribution in [0.1, 0.15) is 24.1 Å². The van der Waals surface area contributed by atoms with Gasteiger partial charge in [0.05, 0.1) is 0 Å². The molecule has 0 spiro atoms. The monoisotopic (exact) mass is 401 g/mol. The van der Waals surface area contributed by atoms with E-state index in [9.17, 15) is 0 Å². The maximum absolute atomic E-state index is 6.02. The molecular weight excluding hydrogens is 389 g/mol. The number of halogens is 3. The third-order valence-electron chi connectivity index (χ3n) is 2.96. The molecule has 2 aromatic carbocycles. The van der Waals surface area contributed by atoms with Gasteiger partial charge in [0.2, 0.25) is 0 Å². The minimum absolute atomic E-state index is 0.281. The summed E-state index contributed by atoms with van der Waals surface area (Å²) in [7, 11) is 0. The normalized spacial score (nSPS) is 12.4. The predicted molar refractivity (Wildman–Crippen MR) is 88.5 cm³/mol. The van der Waals surface area contributed by atoms with Gasteiger partial charge in [-0.3, -0.25) is 0 Å². The molecular formula is C15H14Br2ClN. The van der Waals surface area contributed by atoms with Crippen molar-refractivity contribution in [2.75, 3.05) is 0 Å². The molecule has 4 heteroatoms. The highest BCUT2D eigenvalue weighted by atomic mass is 79.9. The largest absolute Gasteiger partial charge is 0.306 e. The molecule has 2 rings (SSSR count). The summed E-state index contributed by atoms with van der Waals surface area (Å²) in [6.45, 7) is 2.93. The van der Waals surface area contributed by atoms with Crippen molar-refractivity contribution in [1.29, 1.82) is 0 Å². The first kappa shape index (κ1) is 15.0. The van der Waals surface area contributed by atoms with E-state index in [-0.39, 0.29) is 6.04 Å². The smallest absolute Gasteiger partial charge is 0.0410 e. The summed E-state index contributed by atoms with van der Waals surface area (Å²) in [4.78, 5) is 0. The van der Waals surface area contributed by atoms with Gasteiger partial charge in [0.15, 0.2) is 0 Å². The summed E-state index contributed by atoms with van der Waals surface area (Å²) in [6.07, 6.45) is 0. The number of hydrogen-bond donors (Lipinski definition) is 1. The topological polar surface area (TPSA) is 12.0 Å². The highest BCUT2D eigenvalue weighted by molar-refractivity contribution is 9.10. The summed E-state index contributed by atoms with van der Waals surface area (Å²) in [6, 6.07) is 14.4. The fraction of sp³-hybridized carbons (Fsp3) is 0.200. The number of hydrogen-bond acceptors (Lipinski definition) is 1. The molecule has 0 radical (unpaired) electrons. The lowest BCUT2D eigenvalue weighted by molar-refractivity contribution is 0.573. The molecule has 0 aromatic heterocycles. The van der Waals surface area contributed by atoms with Crippen LogP contribution >= 0.6 is 43.5 Å². The predicted octanol–water partition coefficient (Wildman–Crippen LogP) is 5.72. The first-order chi connectivity index (χ1) is 9.06. The van der Waals surface area contributed by atoms with Gasteiger partial charge < -0.3 is 5.32 Å². The lowest BCUT2D eigenvalue weighted by atomic mass is 10.1. The third kappa shape index (κ3) is 4.32. The quantitative estimate of drug-likeness (QED) is 0.689. The van der Waals surface area contributed by atoms with E-state index in [0.29, 0.717) is 0 Å².